The molecule has 0 aliphatic heterocycles. The van der Waals surface area contributed by atoms with E-state index in [9.17, 15) is 5.11 Å². The van der Waals surface area contributed by atoms with E-state index in [4.69, 9.17) is 10.00 Å². The number of benzene rings is 1. The number of hydrogen-bond acceptors (Lipinski definition) is 4. The van der Waals surface area contributed by atoms with Crippen LogP contribution in [-0.2, 0) is 0 Å². The lowest BCUT2D eigenvalue weighted by Gasteiger charge is -2.27. The highest BCUT2D eigenvalue weighted by Gasteiger charge is 2.19. The third-order valence-electron chi connectivity index (χ3n) is 4.21. The molecule has 0 aromatic heterocycles. The van der Waals surface area contributed by atoms with E-state index in [1.165, 1.54) is 5.56 Å². The number of nitrogens with zero attached hydrogens (tertiary/aromatic N) is 1. The van der Waals surface area contributed by atoms with Crippen molar-refractivity contribution in [3.63, 3.8) is 0 Å². The molecule has 21 heavy (non-hydrogen) atoms. The summed E-state index contributed by atoms with van der Waals surface area (Å²) in [5, 5.41) is 21.6. The zero-order valence-electron chi connectivity index (χ0n) is 12.6. The molecule has 1 unspecified atom stereocenters. The summed E-state index contributed by atoms with van der Waals surface area (Å²) in [4.78, 5) is 0. The summed E-state index contributed by atoms with van der Waals surface area (Å²) in [6.07, 6.45) is 4.01. The van der Waals surface area contributed by atoms with Gasteiger partial charge in [0.25, 0.3) is 0 Å². The standard InChI is InChI=1S/C17H24N2O2/c1-13(19-12-14-2-6-16(20)7-3-14)15-4-8-17(9-5-15)21-11-10-18/h4-5,8-9,13-14,16,19-20H,2-3,6-7,11-12H2,1H3. The molecule has 1 atom stereocenters. The molecule has 0 amide bonds. The van der Waals surface area contributed by atoms with E-state index in [1.54, 1.807) is 0 Å². The van der Waals surface area contributed by atoms with Crippen molar-refractivity contribution >= 4 is 0 Å². The highest BCUT2D eigenvalue weighted by Crippen LogP contribution is 2.24. The van der Waals surface area contributed by atoms with Gasteiger partial charge in [-0.25, -0.2) is 0 Å². The van der Waals surface area contributed by atoms with Gasteiger partial charge in [-0.2, -0.15) is 5.26 Å². The first kappa shape index (κ1) is 15.8. The lowest BCUT2D eigenvalue weighted by Crippen LogP contribution is -2.29. The summed E-state index contributed by atoms with van der Waals surface area (Å²) in [5.41, 5.74) is 1.22. The van der Waals surface area contributed by atoms with Gasteiger partial charge in [-0.15, -0.1) is 0 Å². The Balaban J connectivity index is 1.77. The zero-order valence-corrected chi connectivity index (χ0v) is 12.6. The van der Waals surface area contributed by atoms with Crippen LogP contribution >= 0.6 is 0 Å². The van der Waals surface area contributed by atoms with Crippen molar-refractivity contribution in [2.24, 2.45) is 5.92 Å². The van der Waals surface area contributed by atoms with Gasteiger partial charge in [-0.3, -0.25) is 0 Å². The first-order valence-electron chi connectivity index (χ1n) is 7.70. The SMILES string of the molecule is CC(NCC1CCC(O)CC1)c1ccc(OCC#N)cc1. The Labute approximate surface area is 126 Å². The normalized spacial score (nSPS) is 23.3. The molecule has 114 valence electrons. The molecular formula is C17H24N2O2. The van der Waals surface area contributed by atoms with E-state index < -0.39 is 0 Å². The summed E-state index contributed by atoms with van der Waals surface area (Å²) < 4.78 is 5.25. The molecule has 4 heteroatoms. The van der Waals surface area contributed by atoms with Crippen LogP contribution in [-0.4, -0.2) is 24.4 Å². The van der Waals surface area contributed by atoms with Crippen molar-refractivity contribution in [2.45, 2.75) is 44.8 Å². The molecule has 0 saturated heterocycles. The monoisotopic (exact) mass is 288 g/mol. The average Bonchev–Trinajstić information content (AvgIpc) is 2.52. The van der Waals surface area contributed by atoms with Gasteiger partial charge in [0.2, 0.25) is 0 Å². The quantitative estimate of drug-likeness (QED) is 0.845. The maximum atomic E-state index is 9.52. The minimum absolute atomic E-state index is 0.0837. The molecule has 1 aromatic carbocycles. The third kappa shape index (κ3) is 5.04. The van der Waals surface area contributed by atoms with Gasteiger partial charge in [0.05, 0.1) is 6.10 Å². The molecule has 1 fully saturated rings. The van der Waals surface area contributed by atoms with E-state index in [2.05, 4.69) is 12.2 Å². The molecule has 2 N–H and O–H groups in total. The number of rotatable bonds is 6. The smallest absolute Gasteiger partial charge is 0.174 e. The van der Waals surface area contributed by atoms with Crippen LogP contribution in [0.4, 0.5) is 0 Å². The first-order valence-corrected chi connectivity index (χ1v) is 7.70. The van der Waals surface area contributed by atoms with Gasteiger partial charge in [-0.05, 0) is 62.8 Å². The predicted molar refractivity (Wildman–Crippen MR) is 81.9 cm³/mol. The average molecular weight is 288 g/mol. The number of nitrogens with one attached hydrogen (secondary N) is 1. The fourth-order valence-corrected chi connectivity index (χ4v) is 2.78. The summed E-state index contributed by atoms with van der Waals surface area (Å²) in [6.45, 7) is 3.24. The molecule has 1 aromatic rings. The van der Waals surface area contributed by atoms with Gasteiger partial charge in [0.1, 0.15) is 11.8 Å². The van der Waals surface area contributed by atoms with E-state index >= 15 is 0 Å². The minimum atomic E-state index is -0.0837. The predicted octanol–water partition coefficient (Wildman–Crippen LogP) is 2.79. The maximum absolute atomic E-state index is 9.52. The fraction of sp³-hybridized carbons (Fsp3) is 0.588. The van der Waals surface area contributed by atoms with Crippen LogP contribution < -0.4 is 10.1 Å². The Bertz CT molecular complexity index is 459. The second kappa shape index (κ2) is 8.02. The van der Waals surface area contributed by atoms with Crippen molar-refractivity contribution in [1.29, 1.82) is 5.26 Å². The van der Waals surface area contributed by atoms with E-state index in [-0.39, 0.29) is 12.7 Å². The molecule has 0 radical (unpaired) electrons. The Hall–Kier alpha value is -1.57. The van der Waals surface area contributed by atoms with Crippen LogP contribution in [0.15, 0.2) is 24.3 Å². The fourth-order valence-electron chi connectivity index (χ4n) is 2.78. The molecular weight excluding hydrogens is 264 g/mol. The molecule has 4 nitrogen and oxygen atoms in total. The van der Waals surface area contributed by atoms with E-state index in [0.717, 1.165) is 38.0 Å². The lowest BCUT2D eigenvalue weighted by molar-refractivity contribution is 0.108. The van der Waals surface area contributed by atoms with E-state index in [1.807, 2.05) is 30.3 Å². The summed E-state index contributed by atoms with van der Waals surface area (Å²) in [6, 6.07) is 10.1. The zero-order chi connectivity index (χ0) is 15.1. The van der Waals surface area contributed by atoms with Gasteiger partial charge in [0, 0.05) is 6.04 Å². The molecule has 1 saturated carbocycles. The van der Waals surface area contributed by atoms with Gasteiger partial charge in [0.15, 0.2) is 6.61 Å². The Morgan fingerprint density at radius 1 is 1.29 bits per heavy atom. The second-order valence-corrected chi connectivity index (χ2v) is 5.82. The van der Waals surface area contributed by atoms with Crippen molar-refractivity contribution in [1.82, 2.24) is 5.32 Å². The Morgan fingerprint density at radius 2 is 1.95 bits per heavy atom. The molecule has 2 rings (SSSR count). The first-order chi connectivity index (χ1) is 10.2. The van der Waals surface area contributed by atoms with Crippen molar-refractivity contribution in [3.05, 3.63) is 29.8 Å². The van der Waals surface area contributed by atoms with Crippen LogP contribution in [0.5, 0.6) is 5.75 Å². The van der Waals surface area contributed by atoms with Crippen LogP contribution in [0.2, 0.25) is 0 Å². The molecule has 0 heterocycles. The third-order valence-corrected chi connectivity index (χ3v) is 4.21. The van der Waals surface area contributed by atoms with Gasteiger partial charge in [-0.1, -0.05) is 12.1 Å². The van der Waals surface area contributed by atoms with Crippen molar-refractivity contribution in [2.75, 3.05) is 13.2 Å². The maximum Gasteiger partial charge on any atom is 0.174 e. The highest BCUT2D eigenvalue weighted by molar-refractivity contribution is 5.29. The number of aliphatic hydroxyl groups is 1. The molecule has 1 aliphatic carbocycles. The van der Waals surface area contributed by atoms with Gasteiger partial charge >= 0.3 is 0 Å². The topological polar surface area (TPSA) is 65.3 Å². The Morgan fingerprint density at radius 3 is 2.57 bits per heavy atom. The van der Waals surface area contributed by atoms with Crippen LogP contribution in [0.25, 0.3) is 0 Å². The molecule has 0 spiro atoms. The van der Waals surface area contributed by atoms with Crippen LogP contribution in [0.1, 0.15) is 44.2 Å². The van der Waals surface area contributed by atoms with Crippen molar-refractivity contribution in [3.8, 4) is 11.8 Å². The number of aliphatic hydroxyl groups excluding tert-OH is 1. The minimum Gasteiger partial charge on any atom is -0.479 e. The number of ether oxygens (including phenoxy) is 1. The highest BCUT2D eigenvalue weighted by atomic mass is 16.5. The van der Waals surface area contributed by atoms with Crippen molar-refractivity contribution < 1.29 is 9.84 Å². The largest absolute Gasteiger partial charge is 0.479 e. The number of hydrogen-bond donors (Lipinski definition) is 2. The number of nitriles is 1. The summed E-state index contributed by atoms with van der Waals surface area (Å²) in [7, 11) is 0. The second-order valence-electron chi connectivity index (χ2n) is 5.82. The summed E-state index contributed by atoms with van der Waals surface area (Å²) >= 11 is 0. The lowest BCUT2D eigenvalue weighted by atomic mass is 9.87. The molecule has 0 bridgehead atoms. The Kier molecular flexibility index (Phi) is 6.04. The molecule has 1 aliphatic rings. The van der Waals surface area contributed by atoms with Crippen LogP contribution in [0, 0.1) is 17.2 Å². The van der Waals surface area contributed by atoms with E-state index in [0.29, 0.717) is 12.0 Å². The van der Waals surface area contributed by atoms with Crippen LogP contribution in [0.3, 0.4) is 0 Å². The summed E-state index contributed by atoms with van der Waals surface area (Å²) in [5.74, 6) is 1.41. The van der Waals surface area contributed by atoms with Gasteiger partial charge < -0.3 is 15.2 Å².